The molecule has 8 nitrogen and oxygen atoms in total. The molecular formula is C26H33N5O3. The number of aromatic nitrogens is 4. The summed E-state index contributed by atoms with van der Waals surface area (Å²) in [6.07, 6.45) is 9.18. The van der Waals surface area contributed by atoms with Crippen LogP contribution in [0.4, 0.5) is 0 Å². The molecule has 2 aromatic heterocycles. The fraction of sp³-hybridized carbons (Fsp3) is 0.538. The van der Waals surface area contributed by atoms with Gasteiger partial charge in [0.25, 0.3) is 0 Å². The van der Waals surface area contributed by atoms with Gasteiger partial charge in [-0.3, -0.25) is 13.9 Å². The zero-order valence-corrected chi connectivity index (χ0v) is 20.0. The van der Waals surface area contributed by atoms with Gasteiger partial charge in [-0.05, 0) is 62.6 Å². The van der Waals surface area contributed by atoms with E-state index in [1.807, 2.05) is 40.8 Å². The highest BCUT2D eigenvalue weighted by Crippen LogP contribution is 2.33. The molecule has 180 valence electrons. The first kappa shape index (κ1) is 22.6. The number of amides is 1. The summed E-state index contributed by atoms with van der Waals surface area (Å²) in [5, 5.41) is 0. The summed E-state index contributed by atoms with van der Waals surface area (Å²) in [5.41, 5.74) is 1.83. The van der Waals surface area contributed by atoms with Gasteiger partial charge in [0.05, 0.1) is 18.1 Å². The lowest BCUT2D eigenvalue weighted by Crippen LogP contribution is -2.42. The maximum absolute atomic E-state index is 13.2. The lowest BCUT2D eigenvalue weighted by Gasteiger charge is -2.36. The fourth-order valence-corrected chi connectivity index (χ4v) is 5.68. The Morgan fingerprint density at radius 3 is 2.41 bits per heavy atom. The van der Waals surface area contributed by atoms with Crippen molar-refractivity contribution in [3.63, 3.8) is 0 Å². The molecule has 1 aliphatic heterocycles. The highest BCUT2D eigenvalue weighted by atomic mass is 16.5. The molecule has 1 aliphatic carbocycles. The molecule has 5 rings (SSSR count). The smallest absolute Gasteiger partial charge is 0.328 e. The van der Waals surface area contributed by atoms with Gasteiger partial charge < -0.3 is 9.64 Å². The Hall–Kier alpha value is -3.16. The van der Waals surface area contributed by atoms with Crippen molar-refractivity contribution >= 4 is 16.9 Å². The first-order chi connectivity index (χ1) is 16.5. The van der Waals surface area contributed by atoms with E-state index in [4.69, 9.17) is 4.74 Å². The minimum Gasteiger partial charge on any atom is -0.497 e. The number of aryl methyl sites for hydroxylation is 1. The van der Waals surface area contributed by atoms with Crippen molar-refractivity contribution in [2.75, 3.05) is 20.2 Å². The quantitative estimate of drug-likeness (QED) is 0.580. The molecule has 0 unspecified atom stereocenters. The third-order valence-electron chi connectivity index (χ3n) is 7.75. The Kier molecular flexibility index (Phi) is 6.39. The molecule has 2 fully saturated rings. The summed E-state index contributed by atoms with van der Waals surface area (Å²) in [7, 11) is 3.46. The Morgan fingerprint density at radius 1 is 1.03 bits per heavy atom. The van der Waals surface area contributed by atoms with E-state index in [2.05, 4.69) is 9.97 Å². The van der Waals surface area contributed by atoms with Gasteiger partial charge >= 0.3 is 5.69 Å². The number of methoxy groups -OCH3 is 1. The van der Waals surface area contributed by atoms with Crippen LogP contribution in [0.2, 0.25) is 0 Å². The van der Waals surface area contributed by atoms with Gasteiger partial charge in [0.15, 0.2) is 0 Å². The molecule has 34 heavy (non-hydrogen) atoms. The molecule has 0 radical (unpaired) electrons. The number of hydrogen-bond donors (Lipinski definition) is 0. The van der Waals surface area contributed by atoms with E-state index < -0.39 is 0 Å². The second-order valence-corrected chi connectivity index (χ2v) is 9.73. The Morgan fingerprint density at radius 2 is 1.74 bits per heavy atom. The summed E-state index contributed by atoms with van der Waals surface area (Å²) in [6, 6.07) is 7.61. The number of fused-ring (bicyclic) bond motifs is 1. The van der Waals surface area contributed by atoms with Crippen molar-refractivity contribution in [2.45, 2.75) is 51.0 Å². The van der Waals surface area contributed by atoms with Crippen molar-refractivity contribution in [3.8, 4) is 5.75 Å². The largest absolute Gasteiger partial charge is 0.497 e. The summed E-state index contributed by atoms with van der Waals surface area (Å²) < 4.78 is 8.95. The van der Waals surface area contributed by atoms with Crippen LogP contribution in [0.15, 0.2) is 41.5 Å². The van der Waals surface area contributed by atoms with Gasteiger partial charge in [0.1, 0.15) is 11.6 Å². The van der Waals surface area contributed by atoms with E-state index in [9.17, 15) is 9.59 Å². The number of ether oxygens (including phenoxy) is 1. The molecule has 1 saturated carbocycles. The van der Waals surface area contributed by atoms with Crippen LogP contribution >= 0.6 is 0 Å². The number of piperidine rings is 1. The van der Waals surface area contributed by atoms with Crippen molar-refractivity contribution < 1.29 is 9.53 Å². The van der Waals surface area contributed by atoms with Crippen LogP contribution in [0.1, 0.15) is 50.3 Å². The van der Waals surface area contributed by atoms with Crippen LogP contribution in [0.25, 0.3) is 11.0 Å². The van der Waals surface area contributed by atoms with E-state index in [0.717, 1.165) is 74.2 Å². The lowest BCUT2D eigenvalue weighted by atomic mass is 9.81. The van der Waals surface area contributed by atoms with Crippen molar-refractivity contribution in [1.82, 2.24) is 24.0 Å². The standard InChI is InChI=1S/C26H33N5O3/c1-29-22-9-8-21(34-2)16-23(22)31(26(29)33)17-18-4-6-20(7-5-18)25(32)30-14-10-19(11-15-30)24-27-12-3-13-28-24/h3,8-9,12-13,16,18-20H,4-7,10-11,14-15,17H2,1-2H3. The zero-order valence-electron chi connectivity index (χ0n) is 20.0. The molecule has 1 saturated heterocycles. The van der Waals surface area contributed by atoms with Gasteiger partial charge in [-0.1, -0.05) is 0 Å². The molecule has 3 heterocycles. The number of nitrogens with zero attached hydrogens (tertiary/aromatic N) is 5. The third kappa shape index (κ3) is 4.33. The Labute approximate surface area is 199 Å². The molecule has 2 aliphatic rings. The first-order valence-electron chi connectivity index (χ1n) is 12.3. The monoisotopic (exact) mass is 463 g/mol. The van der Waals surface area contributed by atoms with E-state index >= 15 is 0 Å². The molecule has 0 atom stereocenters. The van der Waals surface area contributed by atoms with E-state index in [0.29, 0.717) is 24.3 Å². The summed E-state index contributed by atoms with van der Waals surface area (Å²) in [5.74, 6) is 2.81. The first-order valence-corrected chi connectivity index (χ1v) is 12.3. The second-order valence-electron chi connectivity index (χ2n) is 9.73. The van der Waals surface area contributed by atoms with E-state index in [1.54, 1.807) is 24.1 Å². The normalized spacial score (nSPS) is 21.6. The second kappa shape index (κ2) is 9.60. The fourth-order valence-electron chi connectivity index (χ4n) is 5.68. The van der Waals surface area contributed by atoms with E-state index in [-0.39, 0.29) is 11.6 Å². The molecule has 0 spiro atoms. The number of hydrogen-bond acceptors (Lipinski definition) is 5. The molecule has 8 heteroatoms. The minimum atomic E-state index is 0.00622. The summed E-state index contributed by atoms with van der Waals surface area (Å²) in [4.78, 5) is 36.9. The number of imidazole rings is 1. The number of carbonyl (C=O) groups excluding carboxylic acids is 1. The van der Waals surface area contributed by atoms with Crippen molar-refractivity contribution in [2.24, 2.45) is 18.9 Å². The molecule has 3 aromatic rings. The average molecular weight is 464 g/mol. The zero-order chi connectivity index (χ0) is 23.7. The highest BCUT2D eigenvalue weighted by Gasteiger charge is 2.32. The number of carbonyl (C=O) groups is 1. The molecule has 0 bridgehead atoms. The SMILES string of the molecule is COc1ccc2c(c1)n(CC1CCC(C(=O)N3CCC(c4ncccn4)CC3)CC1)c(=O)n2C. The third-order valence-corrected chi connectivity index (χ3v) is 7.75. The van der Waals surface area contributed by atoms with Crippen molar-refractivity contribution in [3.05, 3.63) is 53.0 Å². The molecule has 1 amide bonds. The molecule has 1 aromatic carbocycles. The summed E-state index contributed by atoms with van der Waals surface area (Å²) >= 11 is 0. The predicted molar refractivity (Wildman–Crippen MR) is 130 cm³/mol. The van der Waals surface area contributed by atoms with Gasteiger partial charge in [0, 0.05) is 57.0 Å². The van der Waals surface area contributed by atoms with Crippen LogP contribution in [0.3, 0.4) is 0 Å². The Bertz CT molecular complexity index is 1200. The molecule has 0 N–H and O–H groups in total. The van der Waals surface area contributed by atoms with Gasteiger partial charge in [0.2, 0.25) is 5.91 Å². The number of rotatable bonds is 5. The lowest BCUT2D eigenvalue weighted by molar-refractivity contribution is -0.138. The Balaban J connectivity index is 1.18. The van der Waals surface area contributed by atoms with Crippen LogP contribution in [-0.4, -0.2) is 50.1 Å². The molecular weight excluding hydrogens is 430 g/mol. The van der Waals surface area contributed by atoms with Gasteiger partial charge in [-0.25, -0.2) is 14.8 Å². The van der Waals surface area contributed by atoms with Gasteiger partial charge in [-0.2, -0.15) is 0 Å². The van der Waals surface area contributed by atoms with Crippen LogP contribution in [0.5, 0.6) is 5.75 Å². The van der Waals surface area contributed by atoms with Crippen LogP contribution in [-0.2, 0) is 18.4 Å². The highest BCUT2D eigenvalue weighted by molar-refractivity contribution is 5.79. The van der Waals surface area contributed by atoms with E-state index in [1.165, 1.54) is 0 Å². The van der Waals surface area contributed by atoms with Crippen molar-refractivity contribution in [1.29, 1.82) is 0 Å². The van der Waals surface area contributed by atoms with Crippen LogP contribution < -0.4 is 10.4 Å². The minimum absolute atomic E-state index is 0.00622. The topological polar surface area (TPSA) is 82.2 Å². The van der Waals surface area contributed by atoms with Gasteiger partial charge in [-0.15, -0.1) is 0 Å². The summed E-state index contributed by atoms with van der Waals surface area (Å²) in [6.45, 7) is 2.26. The number of benzene rings is 1. The van der Waals surface area contributed by atoms with Crippen LogP contribution in [0, 0.1) is 11.8 Å². The average Bonchev–Trinajstić information content (AvgIpc) is 3.13. The maximum Gasteiger partial charge on any atom is 0.328 e. The number of likely N-dealkylation sites (tertiary alicyclic amines) is 1. The predicted octanol–water partition coefficient (Wildman–Crippen LogP) is 3.35. The maximum atomic E-state index is 13.2.